The van der Waals surface area contributed by atoms with Crippen molar-refractivity contribution in [1.29, 1.82) is 0 Å². The first-order chi connectivity index (χ1) is 7.79. The van der Waals surface area contributed by atoms with Crippen molar-refractivity contribution < 1.29 is 14.3 Å². The van der Waals surface area contributed by atoms with Gasteiger partial charge in [0.1, 0.15) is 6.10 Å². The van der Waals surface area contributed by atoms with Crippen molar-refractivity contribution in [2.45, 2.75) is 12.6 Å². The van der Waals surface area contributed by atoms with Gasteiger partial charge in [-0.05, 0) is 5.56 Å². The molecule has 86 valence electrons. The van der Waals surface area contributed by atoms with E-state index in [1.54, 1.807) is 12.0 Å². The van der Waals surface area contributed by atoms with E-state index in [0.717, 1.165) is 5.56 Å². The molecule has 1 unspecified atom stereocenters. The molecule has 0 bridgehead atoms. The maximum Gasteiger partial charge on any atom is 0.410 e. The summed E-state index contributed by atoms with van der Waals surface area (Å²) in [7, 11) is 1.60. The van der Waals surface area contributed by atoms with Gasteiger partial charge in [-0.3, -0.25) is 0 Å². The van der Waals surface area contributed by atoms with Crippen molar-refractivity contribution in [3.8, 4) is 0 Å². The molecule has 0 aliphatic carbocycles. The predicted molar refractivity (Wildman–Crippen MR) is 59.0 cm³/mol. The van der Waals surface area contributed by atoms with E-state index in [2.05, 4.69) is 0 Å². The average molecular weight is 221 g/mol. The Kier molecular flexibility index (Phi) is 3.41. The fraction of sp³-hybridized carbons (Fsp3) is 0.417. The highest BCUT2D eigenvalue weighted by Crippen LogP contribution is 2.15. The molecular formula is C12H15NO3. The molecule has 1 amide bonds. The minimum Gasteiger partial charge on any atom is -0.442 e. The number of hydrogen-bond donors (Lipinski definition) is 0. The van der Waals surface area contributed by atoms with Crippen LogP contribution in [0.3, 0.4) is 0 Å². The van der Waals surface area contributed by atoms with E-state index in [-0.39, 0.29) is 12.2 Å². The Bertz CT molecular complexity index is 353. The van der Waals surface area contributed by atoms with Gasteiger partial charge in [-0.25, -0.2) is 4.79 Å². The lowest BCUT2D eigenvalue weighted by Gasteiger charge is -2.12. The summed E-state index contributed by atoms with van der Waals surface area (Å²) in [5.74, 6) is 0. The van der Waals surface area contributed by atoms with Gasteiger partial charge in [-0.2, -0.15) is 0 Å². The molecule has 0 aromatic heterocycles. The molecule has 1 atom stereocenters. The lowest BCUT2D eigenvalue weighted by atomic mass is 10.2. The molecule has 0 radical (unpaired) electrons. The van der Waals surface area contributed by atoms with Crippen LogP contribution in [0.15, 0.2) is 30.3 Å². The number of nitrogens with zero attached hydrogens (tertiary/aromatic N) is 1. The Hall–Kier alpha value is -1.55. The van der Waals surface area contributed by atoms with Crippen LogP contribution < -0.4 is 0 Å². The summed E-state index contributed by atoms with van der Waals surface area (Å²) in [6.45, 7) is 1.65. The van der Waals surface area contributed by atoms with E-state index >= 15 is 0 Å². The van der Waals surface area contributed by atoms with E-state index in [0.29, 0.717) is 19.7 Å². The molecule has 4 heteroatoms. The second kappa shape index (κ2) is 4.99. The van der Waals surface area contributed by atoms with Gasteiger partial charge >= 0.3 is 6.09 Å². The number of benzene rings is 1. The van der Waals surface area contributed by atoms with Crippen LogP contribution in [0.25, 0.3) is 0 Å². The van der Waals surface area contributed by atoms with Gasteiger partial charge in [0.2, 0.25) is 0 Å². The number of cyclic esters (lactones) is 1. The summed E-state index contributed by atoms with van der Waals surface area (Å²) in [4.78, 5) is 13.2. The van der Waals surface area contributed by atoms with Crippen molar-refractivity contribution in [2.24, 2.45) is 0 Å². The fourth-order valence-electron chi connectivity index (χ4n) is 1.78. The summed E-state index contributed by atoms with van der Waals surface area (Å²) in [5.41, 5.74) is 1.11. The van der Waals surface area contributed by atoms with Gasteiger partial charge in [0.05, 0.1) is 13.2 Å². The molecule has 0 spiro atoms. The zero-order valence-electron chi connectivity index (χ0n) is 9.26. The number of carbonyl (C=O) groups is 1. The maximum absolute atomic E-state index is 11.5. The lowest BCUT2D eigenvalue weighted by Crippen LogP contribution is -2.25. The highest BCUT2D eigenvalue weighted by Gasteiger charge is 2.30. The molecule has 1 saturated heterocycles. The average Bonchev–Trinajstić information content (AvgIpc) is 2.61. The largest absolute Gasteiger partial charge is 0.442 e. The number of ether oxygens (including phenoxy) is 2. The number of hydrogen-bond acceptors (Lipinski definition) is 3. The molecule has 4 nitrogen and oxygen atoms in total. The standard InChI is InChI=1S/C12H15NO3/c1-15-9-11-8-13(12(14)16-11)7-10-5-3-2-4-6-10/h2-6,11H,7-9H2,1H3. The highest BCUT2D eigenvalue weighted by molar-refractivity contribution is 5.69. The van der Waals surface area contributed by atoms with Crippen LogP contribution in [0.1, 0.15) is 5.56 Å². The molecule has 1 aliphatic heterocycles. The maximum atomic E-state index is 11.5. The summed E-state index contributed by atoms with van der Waals surface area (Å²) in [6.07, 6.45) is -0.396. The predicted octanol–water partition coefficient (Wildman–Crippen LogP) is 1.65. The SMILES string of the molecule is COCC1CN(Cc2ccccc2)C(=O)O1. The van der Waals surface area contributed by atoms with Crippen LogP contribution in [0, 0.1) is 0 Å². The van der Waals surface area contributed by atoms with Gasteiger partial charge in [-0.15, -0.1) is 0 Å². The minimum absolute atomic E-state index is 0.138. The van der Waals surface area contributed by atoms with Crippen molar-refractivity contribution in [1.82, 2.24) is 4.90 Å². The summed E-state index contributed by atoms with van der Waals surface area (Å²) >= 11 is 0. The normalized spacial score (nSPS) is 19.9. The van der Waals surface area contributed by atoms with E-state index in [4.69, 9.17) is 9.47 Å². The van der Waals surface area contributed by atoms with E-state index in [1.165, 1.54) is 0 Å². The molecule has 1 aliphatic rings. The second-order valence-corrected chi connectivity index (χ2v) is 3.83. The van der Waals surface area contributed by atoms with Crippen LogP contribution >= 0.6 is 0 Å². The Morgan fingerprint density at radius 3 is 2.88 bits per heavy atom. The number of methoxy groups -OCH3 is 1. The Labute approximate surface area is 94.8 Å². The summed E-state index contributed by atoms with van der Waals surface area (Å²) in [5, 5.41) is 0. The van der Waals surface area contributed by atoms with Crippen molar-refractivity contribution >= 4 is 6.09 Å². The molecule has 16 heavy (non-hydrogen) atoms. The number of amides is 1. The van der Waals surface area contributed by atoms with E-state index in [1.807, 2.05) is 30.3 Å². The van der Waals surface area contributed by atoms with E-state index < -0.39 is 0 Å². The Balaban J connectivity index is 1.94. The first-order valence-electron chi connectivity index (χ1n) is 5.28. The van der Waals surface area contributed by atoms with Crippen LogP contribution in [0.5, 0.6) is 0 Å². The van der Waals surface area contributed by atoms with E-state index in [9.17, 15) is 4.79 Å². The first-order valence-corrected chi connectivity index (χ1v) is 5.28. The zero-order valence-corrected chi connectivity index (χ0v) is 9.26. The van der Waals surface area contributed by atoms with Crippen molar-refractivity contribution in [3.05, 3.63) is 35.9 Å². The van der Waals surface area contributed by atoms with Crippen LogP contribution in [0.2, 0.25) is 0 Å². The van der Waals surface area contributed by atoms with Gasteiger partial charge in [0, 0.05) is 13.7 Å². The van der Waals surface area contributed by atoms with Crippen molar-refractivity contribution in [2.75, 3.05) is 20.3 Å². The lowest BCUT2D eigenvalue weighted by molar-refractivity contribution is 0.0714. The minimum atomic E-state index is -0.258. The number of carbonyl (C=O) groups excluding carboxylic acids is 1. The Morgan fingerprint density at radius 1 is 1.44 bits per heavy atom. The zero-order chi connectivity index (χ0) is 11.4. The molecule has 0 saturated carbocycles. The quantitative estimate of drug-likeness (QED) is 0.776. The Morgan fingerprint density at radius 2 is 2.19 bits per heavy atom. The third-order valence-electron chi connectivity index (χ3n) is 2.52. The third kappa shape index (κ3) is 2.52. The monoisotopic (exact) mass is 221 g/mol. The molecule has 1 aromatic carbocycles. The van der Waals surface area contributed by atoms with Crippen LogP contribution in [0.4, 0.5) is 4.79 Å². The molecule has 1 aromatic rings. The van der Waals surface area contributed by atoms with Crippen LogP contribution in [-0.4, -0.2) is 37.4 Å². The fourth-order valence-corrected chi connectivity index (χ4v) is 1.78. The van der Waals surface area contributed by atoms with Gasteiger partial charge < -0.3 is 14.4 Å². The number of rotatable bonds is 4. The molecular weight excluding hydrogens is 206 g/mol. The third-order valence-corrected chi connectivity index (χ3v) is 2.52. The topological polar surface area (TPSA) is 38.8 Å². The molecule has 1 heterocycles. The van der Waals surface area contributed by atoms with Gasteiger partial charge in [0.25, 0.3) is 0 Å². The van der Waals surface area contributed by atoms with Gasteiger partial charge in [-0.1, -0.05) is 30.3 Å². The van der Waals surface area contributed by atoms with Crippen LogP contribution in [-0.2, 0) is 16.0 Å². The summed E-state index contributed by atoms with van der Waals surface area (Å²) < 4.78 is 10.1. The molecule has 0 N–H and O–H groups in total. The second-order valence-electron chi connectivity index (χ2n) is 3.83. The molecule has 1 fully saturated rings. The van der Waals surface area contributed by atoms with Gasteiger partial charge in [0.15, 0.2) is 0 Å². The van der Waals surface area contributed by atoms with Crippen molar-refractivity contribution in [3.63, 3.8) is 0 Å². The summed E-state index contributed by atoms with van der Waals surface area (Å²) in [6, 6.07) is 9.88. The highest BCUT2D eigenvalue weighted by atomic mass is 16.6. The first kappa shape index (κ1) is 11.0. The smallest absolute Gasteiger partial charge is 0.410 e. The molecule has 2 rings (SSSR count).